The highest BCUT2D eigenvalue weighted by atomic mass is 15.2. The lowest BCUT2D eigenvalue weighted by Crippen LogP contribution is -2.50. The van der Waals surface area contributed by atoms with Gasteiger partial charge in [0.15, 0.2) is 0 Å². The van der Waals surface area contributed by atoms with Gasteiger partial charge in [0.2, 0.25) is 0 Å². The van der Waals surface area contributed by atoms with Crippen LogP contribution in [0.25, 0.3) is 0 Å². The maximum Gasteiger partial charge on any atom is 0.0283 e. The summed E-state index contributed by atoms with van der Waals surface area (Å²) in [6.45, 7) is 3.50. The summed E-state index contributed by atoms with van der Waals surface area (Å²) >= 11 is 0. The van der Waals surface area contributed by atoms with Gasteiger partial charge in [-0.2, -0.15) is 0 Å². The Balaban J connectivity index is 1.81. The van der Waals surface area contributed by atoms with Crippen molar-refractivity contribution in [3.8, 4) is 0 Å². The van der Waals surface area contributed by atoms with Crippen LogP contribution in [0.4, 0.5) is 0 Å². The third kappa shape index (κ3) is 2.98. The predicted octanol–water partition coefficient (Wildman–Crippen LogP) is 2.77. The van der Waals surface area contributed by atoms with Gasteiger partial charge in [-0.25, -0.2) is 0 Å². The molecule has 2 heteroatoms. The van der Waals surface area contributed by atoms with Crippen LogP contribution in [0.2, 0.25) is 0 Å². The molecule has 2 rings (SSSR count). The molecule has 0 atom stereocenters. The molecule has 2 aliphatic rings. The fourth-order valence-corrected chi connectivity index (χ4v) is 3.55. The first-order chi connectivity index (χ1) is 7.59. The van der Waals surface area contributed by atoms with E-state index in [9.17, 15) is 0 Å². The summed E-state index contributed by atoms with van der Waals surface area (Å²) in [4.78, 5) is 2.55. The van der Waals surface area contributed by atoms with Crippen molar-refractivity contribution in [1.29, 1.82) is 0 Å². The SMILES string of the molecule is CC1CCC(N(C)CC2(N)CCCC2)CC1. The molecule has 2 nitrogen and oxygen atoms in total. The summed E-state index contributed by atoms with van der Waals surface area (Å²) in [5.41, 5.74) is 6.59. The summed E-state index contributed by atoms with van der Waals surface area (Å²) in [5, 5.41) is 0. The average Bonchev–Trinajstić information content (AvgIpc) is 2.65. The Hall–Kier alpha value is -0.0800. The van der Waals surface area contributed by atoms with E-state index in [1.54, 1.807) is 0 Å². The second-order valence-corrected chi connectivity index (χ2v) is 6.40. The van der Waals surface area contributed by atoms with Crippen LogP contribution in [0.3, 0.4) is 0 Å². The van der Waals surface area contributed by atoms with Gasteiger partial charge in [-0.05, 0) is 51.5 Å². The minimum absolute atomic E-state index is 0.137. The van der Waals surface area contributed by atoms with E-state index < -0.39 is 0 Å². The number of likely N-dealkylation sites (N-methyl/N-ethyl adjacent to an activating group) is 1. The maximum atomic E-state index is 6.45. The molecule has 0 saturated heterocycles. The fraction of sp³-hybridized carbons (Fsp3) is 1.00. The van der Waals surface area contributed by atoms with Crippen LogP contribution >= 0.6 is 0 Å². The van der Waals surface area contributed by atoms with Crippen molar-refractivity contribution < 1.29 is 0 Å². The lowest BCUT2D eigenvalue weighted by atomic mass is 9.86. The molecule has 0 unspecified atom stereocenters. The summed E-state index contributed by atoms with van der Waals surface area (Å²) in [6.07, 6.45) is 10.7. The van der Waals surface area contributed by atoms with Crippen LogP contribution in [0.5, 0.6) is 0 Å². The quantitative estimate of drug-likeness (QED) is 0.798. The van der Waals surface area contributed by atoms with E-state index in [-0.39, 0.29) is 5.54 Å². The lowest BCUT2D eigenvalue weighted by Gasteiger charge is -2.38. The second kappa shape index (κ2) is 5.05. The Morgan fingerprint density at radius 1 is 1.12 bits per heavy atom. The van der Waals surface area contributed by atoms with Gasteiger partial charge < -0.3 is 10.6 Å². The van der Waals surface area contributed by atoms with Crippen LogP contribution in [0.1, 0.15) is 58.3 Å². The Labute approximate surface area is 101 Å². The van der Waals surface area contributed by atoms with Crippen LogP contribution < -0.4 is 5.73 Å². The van der Waals surface area contributed by atoms with Gasteiger partial charge in [0, 0.05) is 18.1 Å². The molecule has 0 aromatic carbocycles. The third-order valence-corrected chi connectivity index (χ3v) is 4.77. The summed E-state index contributed by atoms with van der Waals surface area (Å²) in [5.74, 6) is 0.947. The maximum absolute atomic E-state index is 6.45. The van der Waals surface area contributed by atoms with Crippen molar-refractivity contribution in [2.24, 2.45) is 11.7 Å². The molecular weight excluding hydrogens is 196 g/mol. The fourth-order valence-electron chi connectivity index (χ4n) is 3.55. The van der Waals surface area contributed by atoms with Gasteiger partial charge in [0.05, 0.1) is 0 Å². The minimum Gasteiger partial charge on any atom is -0.324 e. The zero-order chi connectivity index (χ0) is 11.6. The highest BCUT2D eigenvalue weighted by Crippen LogP contribution is 2.31. The average molecular weight is 224 g/mol. The minimum atomic E-state index is 0.137. The molecule has 0 heterocycles. The first-order valence-corrected chi connectivity index (χ1v) is 7.08. The second-order valence-electron chi connectivity index (χ2n) is 6.40. The molecule has 0 amide bonds. The van der Waals surface area contributed by atoms with E-state index in [0.717, 1.165) is 18.5 Å². The molecule has 0 bridgehead atoms. The van der Waals surface area contributed by atoms with Crippen molar-refractivity contribution in [2.45, 2.75) is 69.9 Å². The number of hydrogen-bond acceptors (Lipinski definition) is 2. The van der Waals surface area contributed by atoms with Crippen LogP contribution in [0, 0.1) is 5.92 Å². The summed E-state index contributed by atoms with van der Waals surface area (Å²) < 4.78 is 0. The Morgan fingerprint density at radius 3 is 2.25 bits per heavy atom. The van der Waals surface area contributed by atoms with E-state index >= 15 is 0 Å². The molecule has 94 valence electrons. The molecule has 0 aromatic rings. The zero-order valence-electron chi connectivity index (χ0n) is 11.0. The van der Waals surface area contributed by atoms with Crippen molar-refractivity contribution >= 4 is 0 Å². The topological polar surface area (TPSA) is 29.3 Å². The highest BCUT2D eigenvalue weighted by molar-refractivity contribution is 4.93. The Kier molecular flexibility index (Phi) is 3.91. The molecule has 2 N–H and O–H groups in total. The number of hydrogen-bond donors (Lipinski definition) is 1. The van der Waals surface area contributed by atoms with Gasteiger partial charge in [0.25, 0.3) is 0 Å². The highest BCUT2D eigenvalue weighted by Gasteiger charge is 2.32. The predicted molar refractivity (Wildman–Crippen MR) is 69.4 cm³/mol. The van der Waals surface area contributed by atoms with Crippen molar-refractivity contribution in [3.05, 3.63) is 0 Å². The van der Waals surface area contributed by atoms with Crippen molar-refractivity contribution in [2.75, 3.05) is 13.6 Å². The van der Waals surface area contributed by atoms with E-state index in [1.165, 1.54) is 51.4 Å². The molecule has 0 radical (unpaired) electrons. The van der Waals surface area contributed by atoms with Crippen LogP contribution in [-0.4, -0.2) is 30.1 Å². The van der Waals surface area contributed by atoms with Gasteiger partial charge in [-0.15, -0.1) is 0 Å². The largest absolute Gasteiger partial charge is 0.324 e. The van der Waals surface area contributed by atoms with E-state index in [2.05, 4.69) is 18.9 Å². The molecule has 0 aliphatic heterocycles. The third-order valence-electron chi connectivity index (χ3n) is 4.77. The Morgan fingerprint density at radius 2 is 1.69 bits per heavy atom. The molecular formula is C14H28N2. The molecule has 2 fully saturated rings. The summed E-state index contributed by atoms with van der Waals surface area (Å²) in [6, 6.07) is 0.803. The zero-order valence-corrected chi connectivity index (χ0v) is 11.0. The molecule has 16 heavy (non-hydrogen) atoms. The standard InChI is InChI=1S/C14H28N2/c1-12-5-7-13(8-6-12)16(2)11-14(15)9-3-4-10-14/h12-13H,3-11,15H2,1-2H3. The first kappa shape index (κ1) is 12.4. The molecule has 2 saturated carbocycles. The van der Waals surface area contributed by atoms with E-state index in [4.69, 9.17) is 5.73 Å². The van der Waals surface area contributed by atoms with E-state index in [0.29, 0.717) is 0 Å². The molecule has 2 aliphatic carbocycles. The van der Waals surface area contributed by atoms with Gasteiger partial charge >= 0.3 is 0 Å². The monoisotopic (exact) mass is 224 g/mol. The normalized spacial score (nSPS) is 34.5. The molecule has 0 spiro atoms. The van der Waals surface area contributed by atoms with Gasteiger partial charge in [-0.1, -0.05) is 19.8 Å². The van der Waals surface area contributed by atoms with Gasteiger partial charge in [0.1, 0.15) is 0 Å². The summed E-state index contributed by atoms with van der Waals surface area (Å²) in [7, 11) is 2.29. The van der Waals surface area contributed by atoms with Crippen LogP contribution in [0.15, 0.2) is 0 Å². The molecule has 0 aromatic heterocycles. The van der Waals surface area contributed by atoms with E-state index in [1.807, 2.05) is 0 Å². The smallest absolute Gasteiger partial charge is 0.0283 e. The Bertz CT molecular complexity index is 213. The number of nitrogens with zero attached hydrogens (tertiary/aromatic N) is 1. The lowest BCUT2D eigenvalue weighted by molar-refractivity contribution is 0.139. The van der Waals surface area contributed by atoms with Gasteiger partial charge in [-0.3, -0.25) is 0 Å². The van der Waals surface area contributed by atoms with Crippen molar-refractivity contribution in [1.82, 2.24) is 4.90 Å². The van der Waals surface area contributed by atoms with Crippen LogP contribution in [-0.2, 0) is 0 Å². The number of nitrogens with two attached hydrogens (primary N) is 1. The number of rotatable bonds is 3. The first-order valence-electron chi connectivity index (χ1n) is 7.08. The van der Waals surface area contributed by atoms with Crippen molar-refractivity contribution in [3.63, 3.8) is 0 Å².